The number of pyridine rings is 1. The molecule has 1 aromatic heterocycles. The van der Waals surface area contributed by atoms with Gasteiger partial charge in [0.25, 0.3) is 0 Å². The van der Waals surface area contributed by atoms with Crippen molar-refractivity contribution in [2.75, 3.05) is 16.8 Å². The molecule has 0 radical (unpaired) electrons. The zero-order valence-electron chi connectivity index (χ0n) is 12.6. The van der Waals surface area contributed by atoms with Gasteiger partial charge in [0, 0.05) is 6.20 Å². The predicted molar refractivity (Wildman–Crippen MR) is 84.7 cm³/mol. The van der Waals surface area contributed by atoms with Gasteiger partial charge in [-0.2, -0.15) is 0 Å². The van der Waals surface area contributed by atoms with E-state index in [-0.39, 0.29) is 24.2 Å². The predicted octanol–water partition coefficient (Wildman–Crippen LogP) is 2.70. The molecule has 23 heavy (non-hydrogen) atoms. The Hall–Kier alpha value is -2.76. The third kappa shape index (κ3) is 2.92. The summed E-state index contributed by atoms with van der Waals surface area (Å²) in [5, 5.41) is 2.70. The molecule has 2 heterocycles. The number of carbonyl (C=O) groups excluding carboxylic acids is 2. The number of halogens is 1. The summed E-state index contributed by atoms with van der Waals surface area (Å²) in [6.07, 6.45) is 2.07. The van der Waals surface area contributed by atoms with E-state index in [1.807, 2.05) is 6.92 Å². The molecule has 1 unspecified atom stereocenters. The second kappa shape index (κ2) is 6.16. The number of amides is 2. The van der Waals surface area contributed by atoms with Crippen LogP contribution >= 0.6 is 0 Å². The van der Waals surface area contributed by atoms with Crippen LogP contribution in [0.2, 0.25) is 0 Å². The molecule has 2 amide bonds. The maximum Gasteiger partial charge on any atom is 0.244 e. The molecule has 1 aliphatic rings. The van der Waals surface area contributed by atoms with Crippen LogP contribution in [0.5, 0.6) is 0 Å². The van der Waals surface area contributed by atoms with Crippen LogP contribution in [0.4, 0.5) is 15.9 Å². The fraction of sp³-hybridized carbons (Fsp3) is 0.235. The zero-order valence-corrected chi connectivity index (χ0v) is 12.6. The Bertz CT molecular complexity index is 763. The number of benzene rings is 1. The summed E-state index contributed by atoms with van der Waals surface area (Å²) >= 11 is 0. The van der Waals surface area contributed by atoms with Gasteiger partial charge in [0.1, 0.15) is 12.4 Å². The third-order valence-corrected chi connectivity index (χ3v) is 3.84. The topological polar surface area (TPSA) is 62.3 Å². The largest absolute Gasteiger partial charge is 0.321 e. The van der Waals surface area contributed by atoms with Gasteiger partial charge in [0.05, 0.1) is 11.6 Å². The Morgan fingerprint density at radius 1 is 1.39 bits per heavy atom. The highest BCUT2D eigenvalue weighted by atomic mass is 19.1. The molecule has 2 aromatic rings. The number of rotatable bonds is 3. The van der Waals surface area contributed by atoms with Crippen molar-refractivity contribution in [1.29, 1.82) is 0 Å². The highest BCUT2D eigenvalue weighted by Gasteiger charge is 2.32. The number of nitrogens with zero attached hydrogens (tertiary/aromatic N) is 2. The Morgan fingerprint density at radius 3 is 2.96 bits per heavy atom. The van der Waals surface area contributed by atoms with E-state index in [1.54, 1.807) is 30.5 Å². The summed E-state index contributed by atoms with van der Waals surface area (Å²) < 4.78 is 13.5. The first-order valence-electron chi connectivity index (χ1n) is 7.42. The van der Waals surface area contributed by atoms with E-state index in [0.717, 1.165) is 0 Å². The molecule has 0 aliphatic carbocycles. The average Bonchev–Trinajstić information content (AvgIpc) is 2.54. The number of hydrogen-bond acceptors (Lipinski definition) is 3. The monoisotopic (exact) mass is 313 g/mol. The van der Waals surface area contributed by atoms with E-state index in [0.29, 0.717) is 23.5 Å². The quantitative estimate of drug-likeness (QED) is 0.947. The van der Waals surface area contributed by atoms with Gasteiger partial charge in [-0.3, -0.25) is 14.5 Å². The first-order chi connectivity index (χ1) is 11.1. The van der Waals surface area contributed by atoms with E-state index in [4.69, 9.17) is 0 Å². The first-order valence-corrected chi connectivity index (χ1v) is 7.42. The lowest BCUT2D eigenvalue weighted by Gasteiger charge is -2.30. The number of aromatic nitrogens is 1. The minimum atomic E-state index is -0.522. The van der Waals surface area contributed by atoms with Crippen LogP contribution in [-0.4, -0.2) is 23.3 Å². The van der Waals surface area contributed by atoms with Crippen molar-refractivity contribution in [1.82, 2.24) is 4.98 Å². The number of carbonyl (C=O) groups is 2. The third-order valence-electron chi connectivity index (χ3n) is 3.84. The average molecular weight is 313 g/mol. The summed E-state index contributed by atoms with van der Waals surface area (Å²) in [5.74, 6) is -1.01. The lowest BCUT2D eigenvalue weighted by Crippen LogP contribution is -2.44. The Balaban J connectivity index is 1.97. The van der Waals surface area contributed by atoms with Crippen molar-refractivity contribution in [3.05, 3.63) is 54.0 Å². The lowest BCUT2D eigenvalue weighted by atomic mass is 9.94. The van der Waals surface area contributed by atoms with Gasteiger partial charge in [-0.15, -0.1) is 0 Å². The summed E-state index contributed by atoms with van der Waals surface area (Å²) in [7, 11) is 0. The van der Waals surface area contributed by atoms with Crippen LogP contribution < -0.4 is 10.2 Å². The number of fused-ring (bicyclic) bond motifs is 1. The van der Waals surface area contributed by atoms with Crippen LogP contribution in [0.15, 0.2) is 42.6 Å². The molecule has 0 saturated carbocycles. The van der Waals surface area contributed by atoms with E-state index in [1.165, 1.54) is 17.0 Å². The molecule has 6 heteroatoms. The molecular weight excluding hydrogens is 297 g/mol. The van der Waals surface area contributed by atoms with Gasteiger partial charge in [0.15, 0.2) is 5.82 Å². The minimum Gasteiger partial charge on any atom is -0.321 e. The van der Waals surface area contributed by atoms with Crippen molar-refractivity contribution in [2.24, 2.45) is 0 Å². The highest BCUT2D eigenvalue weighted by molar-refractivity contribution is 6.10. The smallest absolute Gasteiger partial charge is 0.244 e. The van der Waals surface area contributed by atoms with E-state index >= 15 is 0 Å². The molecule has 0 bridgehead atoms. The van der Waals surface area contributed by atoms with Crippen LogP contribution in [0.1, 0.15) is 24.8 Å². The van der Waals surface area contributed by atoms with Crippen molar-refractivity contribution >= 4 is 23.3 Å². The van der Waals surface area contributed by atoms with Gasteiger partial charge in [0.2, 0.25) is 11.8 Å². The second-order valence-electron chi connectivity index (χ2n) is 5.36. The molecule has 1 aromatic carbocycles. The summed E-state index contributed by atoms with van der Waals surface area (Å²) in [5.41, 5.74) is 1.10. The van der Waals surface area contributed by atoms with Crippen molar-refractivity contribution in [3.63, 3.8) is 0 Å². The zero-order chi connectivity index (χ0) is 16.4. The first kappa shape index (κ1) is 15.1. The lowest BCUT2D eigenvalue weighted by molar-refractivity contribution is -0.123. The van der Waals surface area contributed by atoms with E-state index in [2.05, 4.69) is 10.3 Å². The molecular formula is C17H16FN3O2. The number of anilines is 2. The van der Waals surface area contributed by atoms with Crippen LogP contribution in [-0.2, 0) is 9.59 Å². The fourth-order valence-corrected chi connectivity index (χ4v) is 2.76. The number of hydrogen-bond donors (Lipinski definition) is 1. The molecule has 3 rings (SSSR count). The Kier molecular flexibility index (Phi) is 4.06. The fourth-order valence-electron chi connectivity index (χ4n) is 2.76. The van der Waals surface area contributed by atoms with Crippen LogP contribution in [0.3, 0.4) is 0 Å². The second-order valence-corrected chi connectivity index (χ2v) is 5.36. The van der Waals surface area contributed by atoms with Crippen molar-refractivity contribution in [3.8, 4) is 0 Å². The molecule has 118 valence electrons. The van der Waals surface area contributed by atoms with Crippen LogP contribution in [0, 0.1) is 5.82 Å². The van der Waals surface area contributed by atoms with Gasteiger partial charge in [-0.25, -0.2) is 9.37 Å². The molecule has 0 fully saturated rings. The molecule has 0 saturated heterocycles. The Labute approximate surface area is 133 Å². The van der Waals surface area contributed by atoms with Crippen molar-refractivity contribution < 1.29 is 14.0 Å². The molecule has 0 spiro atoms. The summed E-state index contributed by atoms with van der Waals surface area (Å²) in [6, 6.07) is 9.38. The summed E-state index contributed by atoms with van der Waals surface area (Å²) in [4.78, 5) is 30.4. The van der Waals surface area contributed by atoms with E-state index in [9.17, 15) is 14.0 Å². The van der Waals surface area contributed by atoms with Crippen LogP contribution in [0.25, 0.3) is 0 Å². The Morgan fingerprint density at radius 2 is 2.22 bits per heavy atom. The number of nitrogens with one attached hydrogen (secondary N) is 1. The standard InChI is InChI=1S/C17H16FN3O2/c1-2-13(11-5-3-6-12(18)9-11)17(23)21-10-15(22)20-14-7-4-8-19-16(14)21/h3-9,13H,2,10H2,1H3,(H,20,22). The SMILES string of the molecule is CCC(C(=O)N1CC(=O)Nc2cccnc21)c1cccc(F)c1. The highest BCUT2D eigenvalue weighted by Crippen LogP contribution is 2.31. The molecule has 1 aliphatic heterocycles. The maximum atomic E-state index is 13.5. The van der Waals surface area contributed by atoms with Gasteiger partial charge in [-0.05, 0) is 36.2 Å². The summed E-state index contributed by atoms with van der Waals surface area (Å²) in [6.45, 7) is 1.77. The normalized spacial score (nSPS) is 14.9. The minimum absolute atomic E-state index is 0.0886. The molecule has 5 nitrogen and oxygen atoms in total. The molecule has 1 atom stereocenters. The van der Waals surface area contributed by atoms with E-state index < -0.39 is 5.92 Å². The van der Waals surface area contributed by atoms with Gasteiger partial charge in [-0.1, -0.05) is 19.1 Å². The maximum absolute atomic E-state index is 13.5. The van der Waals surface area contributed by atoms with Gasteiger partial charge >= 0.3 is 0 Å². The molecule has 1 N–H and O–H groups in total. The van der Waals surface area contributed by atoms with Gasteiger partial charge < -0.3 is 5.32 Å². The van der Waals surface area contributed by atoms with Crippen molar-refractivity contribution in [2.45, 2.75) is 19.3 Å².